The Morgan fingerprint density at radius 3 is 2.44 bits per heavy atom. The Balaban J connectivity index is 2.56. The van der Waals surface area contributed by atoms with Gasteiger partial charge in [0.25, 0.3) is 0 Å². The van der Waals surface area contributed by atoms with E-state index in [2.05, 4.69) is 9.72 Å². The number of carbonyl (C=O) groups excluding carboxylic acids is 1. The fourth-order valence-electron chi connectivity index (χ4n) is 1.57. The SMILES string of the molecule is COC(=O)c1[nH]ccc1S(=O)(=O)c1ccccc1. The quantitative estimate of drug-likeness (QED) is 0.856. The van der Waals surface area contributed by atoms with Crippen molar-refractivity contribution < 1.29 is 17.9 Å². The zero-order valence-electron chi connectivity index (χ0n) is 9.58. The monoisotopic (exact) mass is 265 g/mol. The highest BCUT2D eigenvalue weighted by atomic mass is 32.2. The lowest BCUT2D eigenvalue weighted by Gasteiger charge is -2.04. The van der Waals surface area contributed by atoms with Crippen LogP contribution in [0.25, 0.3) is 0 Å². The number of H-pyrrole nitrogens is 1. The number of nitrogens with one attached hydrogen (secondary N) is 1. The van der Waals surface area contributed by atoms with E-state index in [0.29, 0.717) is 0 Å². The van der Waals surface area contributed by atoms with Gasteiger partial charge in [0.05, 0.1) is 12.0 Å². The maximum Gasteiger partial charge on any atom is 0.355 e. The summed E-state index contributed by atoms with van der Waals surface area (Å²) in [6, 6.07) is 9.26. The lowest BCUT2D eigenvalue weighted by Crippen LogP contribution is -2.10. The van der Waals surface area contributed by atoms with Crippen molar-refractivity contribution in [3.8, 4) is 0 Å². The fraction of sp³-hybridized carbons (Fsp3) is 0.0833. The van der Waals surface area contributed by atoms with Crippen molar-refractivity contribution in [2.75, 3.05) is 7.11 Å². The molecule has 1 aromatic carbocycles. The molecule has 0 aliphatic carbocycles. The third kappa shape index (κ3) is 2.02. The van der Waals surface area contributed by atoms with Crippen LogP contribution in [0.3, 0.4) is 0 Å². The van der Waals surface area contributed by atoms with Crippen LogP contribution in [0, 0.1) is 0 Å². The lowest BCUT2D eigenvalue weighted by molar-refractivity contribution is 0.0590. The summed E-state index contributed by atoms with van der Waals surface area (Å²) >= 11 is 0. The summed E-state index contributed by atoms with van der Waals surface area (Å²) in [7, 11) is -2.52. The Morgan fingerprint density at radius 1 is 1.17 bits per heavy atom. The van der Waals surface area contributed by atoms with Crippen molar-refractivity contribution in [2.45, 2.75) is 9.79 Å². The van der Waals surface area contributed by atoms with Crippen LogP contribution in [-0.2, 0) is 14.6 Å². The molecule has 1 heterocycles. The molecule has 0 saturated heterocycles. The van der Waals surface area contributed by atoms with Gasteiger partial charge in [-0.1, -0.05) is 18.2 Å². The maximum atomic E-state index is 12.3. The van der Waals surface area contributed by atoms with E-state index in [9.17, 15) is 13.2 Å². The van der Waals surface area contributed by atoms with Gasteiger partial charge < -0.3 is 9.72 Å². The fourth-order valence-corrected chi connectivity index (χ4v) is 2.99. The third-order valence-electron chi connectivity index (χ3n) is 2.44. The number of carbonyl (C=O) groups is 1. The minimum Gasteiger partial charge on any atom is -0.464 e. The van der Waals surface area contributed by atoms with Crippen molar-refractivity contribution in [3.63, 3.8) is 0 Å². The van der Waals surface area contributed by atoms with Crippen molar-refractivity contribution in [3.05, 3.63) is 48.3 Å². The van der Waals surface area contributed by atoms with Gasteiger partial charge in [-0.3, -0.25) is 0 Å². The average Bonchev–Trinajstić information content (AvgIpc) is 2.89. The zero-order valence-corrected chi connectivity index (χ0v) is 10.4. The van der Waals surface area contributed by atoms with Crippen LogP contribution < -0.4 is 0 Å². The highest BCUT2D eigenvalue weighted by Gasteiger charge is 2.25. The molecule has 1 N–H and O–H groups in total. The molecule has 6 heteroatoms. The highest BCUT2D eigenvalue weighted by molar-refractivity contribution is 7.91. The van der Waals surface area contributed by atoms with Gasteiger partial charge in [0.2, 0.25) is 9.84 Å². The molecule has 94 valence electrons. The molecule has 1 aromatic heterocycles. The van der Waals surface area contributed by atoms with E-state index in [0.717, 1.165) is 0 Å². The molecule has 0 saturated carbocycles. The smallest absolute Gasteiger partial charge is 0.355 e. The first-order chi connectivity index (χ1) is 8.57. The molecule has 2 aromatic rings. The van der Waals surface area contributed by atoms with Gasteiger partial charge in [-0.25, -0.2) is 13.2 Å². The predicted molar refractivity (Wildman–Crippen MR) is 64.0 cm³/mol. The molecule has 0 amide bonds. The molecule has 2 rings (SSSR count). The molecule has 5 nitrogen and oxygen atoms in total. The van der Waals surface area contributed by atoms with Gasteiger partial charge in [-0.15, -0.1) is 0 Å². The number of sulfone groups is 1. The largest absolute Gasteiger partial charge is 0.464 e. The van der Waals surface area contributed by atoms with E-state index in [4.69, 9.17) is 0 Å². The number of ether oxygens (including phenoxy) is 1. The van der Waals surface area contributed by atoms with Gasteiger partial charge >= 0.3 is 5.97 Å². The van der Waals surface area contributed by atoms with Crippen LogP contribution in [-0.4, -0.2) is 26.5 Å². The number of aromatic amines is 1. The van der Waals surface area contributed by atoms with Crippen molar-refractivity contribution in [1.29, 1.82) is 0 Å². The molecule has 0 bridgehead atoms. The summed E-state index contributed by atoms with van der Waals surface area (Å²) in [5.74, 6) is -0.713. The van der Waals surface area contributed by atoms with Crippen molar-refractivity contribution in [1.82, 2.24) is 4.98 Å². The molecule has 0 radical (unpaired) electrons. The number of esters is 1. The minimum absolute atomic E-state index is 0.0682. The molecular weight excluding hydrogens is 254 g/mol. The van der Waals surface area contributed by atoms with E-state index in [-0.39, 0.29) is 15.5 Å². The first-order valence-electron chi connectivity index (χ1n) is 5.13. The summed E-state index contributed by atoms with van der Waals surface area (Å²) < 4.78 is 29.1. The lowest BCUT2D eigenvalue weighted by atomic mass is 10.4. The number of methoxy groups -OCH3 is 1. The van der Waals surface area contributed by atoms with Crippen molar-refractivity contribution in [2.24, 2.45) is 0 Å². The Kier molecular flexibility index (Phi) is 3.20. The number of aromatic nitrogens is 1. The summed E-state index contributed by atoms with van der Waals surface area (Å²) in [6.45, 7) is 0. The number of hydrogen-bond donors (Lipinski definition) is 1. The summed E-state index contributed by atoms with van der Waals surface area (Å²) in [5, 5.41) is 0. The van der Waals surface area contributed by atoms with Gasteiger partial charge in [0, 0.05) is 6.20 Å². The number of benzene rings is 1. The molecule has 0 aliphatic heterocycles. The summed E-state index contributed by atoms with van der Waals surface area (Å²) in [5.41, 5.74) is -0.0682. The van der Waals surface area contributed by atoms with Gasteiger partial charge in [-0.05, 0) is 18.2 Å². The molecule has 0 aliphatic rings. The zero-order chi connectivity index (χ0) is 13.2. The van der Waals surface area contributed by atoms with Crippen LogP contribution >= 0.6 is 0 Å². The Morgan fingerprint density at radius 2 is 1.83 bits per heavy atom. The summed E-state index contributed by atoms with van der Waals surface area (Å²) in [6.07, 6.45) is 1.39. The number of hydrogen-bond acceptors (Lipinski definition) is 4. The third-order valence-corrected chi connectivity index (χ3v) is 4.25. The second-order valence-corrected chi connectivity index (χ2v) is 5.44. The van der Waals surface area contributed by atoms with Crippen LogP contribution in [0.5, 0.6) is 0 Å². The first-order valence-corrected chi connectivity index (χ1v) is 6.61. The van der Waals surface area contributed by atoms with Gasteiger partial charge in [0.15, 0.2) is 0 Å². The topological polar surface area (TPSA) is 76.2 Å². The first kappa shape index (κ1) is 12.4. The van der Waals surface area contributed by atoms with Crippen LogP contribution in [0.1, 0.15) is 10.5 Å². The van der Waals surface area contributed by atoms with Crippen LogP contribution in [0.2, 0.25) is 0 Å². The molecule has 18 heavy (non-hydrogen) atoms. The predicted octanol–water partition coefficient (Wildman–Crippen LogP) is 1.63. The van der Waals surface area contributed by atoms with Gasteiger partial charge in [-0.2, -0.15) is 0 Å². The Hall–Kier alpha value is -2.08. The molecular formula is C12H11NO4S. The average molecular weight is 265 g/mol. The molecule has 0 atom stereocenters. The van der Waals surface area contributed by atoms with E-state index < -0.39 is 15.8 Å². The van der Waals surface area contributed by atoms with Gasteiger partial charge in [0.1, 0.15) is 10.6 Å². The van der Waals surface area contributed by atoms with E-state index in [1.54, 1.807) is 18.2 Å². The summed E-state index contributed by atoms with van der Waals surface area (Å²) in [4.78, 5) is 14.1. The minimum atomic E-state index is -3.71. The second kappa shape index (κ2) is 4.66. The standard InChI is InChI=1S/C12H11NO4S/c1-17-12(14)11-10(7-8-13-11)18(15,16)9-5-3-2-4-6-9/h2-8,13H,1H3. The molecule has 0 unspecified atom stereocenters. The van der Waals surface area contributed by atoms with Crippen LogP contribution in [0.15, 0.2) is 52.4 Å². The molecule has 0 spiro atoms. The van der Waals surface area contributed by atoms with Crippen LogP contribution in [0.4, 0.5) is 0 Å². The second-order valence-electron chi connectivity index (χ2n) is 3.52. The highest BCUT2D eigenvalue weighted by Crippen LogP contribution is 2.23. The number of rotatable bonds is 3. The maximum absolute atomic E-state index is 12.3. The Bertz CT molecular complexity index is 658. The van der Waals surface area contributed by atoms with E-state index in [1.165, 1.54) is 31.5 Å². The Labute approximate surface area is 104 Å². The van der Waals surface area contributed by atoms with E-state index >= 15 is 0 Å². The van der Waals surface area contributed by atoms with E-state index in [1.807, 2.05) is 0 Å². The molecule has 0 fully saturated rings. The van der Waals surface area contributed by atoms with Crippen molar-refractivity contribution >= 4 is 15.8 Å². The normalized spacial score (nSPS) is 11.2.